The first kappa shape index (κ1) is 9.47. The molecule has 1 aromatic rings. The van der Waals surface area contributed by atoms with Crippen LogP contribution in [0.4, 0.5) is 0 Å². The van der Waals surface area contributed by atoms with Crippen molar-refractivity contribution in [1.82, 2.24) is 0 Å². The normalized spacial score (nSPS) is 9.31. The molecule has 0 aliphatic carbocycles. The lowest BCUT2D eigenvalue weighted by Gasteiger charge is -2.05. The Bertz CT molecular complexity index is 374. The van der Waals surface area contributed by atoms with Crippen LogP contribution in [0.5, 0.6) is 0 Å². The van der Waals surface area contributed by atoms with Gasteiger partial charge in [-0.15, -0.1) is 0 Å². The topological polar surface area (TPSA) is 40.9 Å². The van der Waals surface area contributed by atoms with Crippen LogP contribution < -0.4 is 0 Å². The third-order valence-electron chi connectivity index (χ3n) is 2.03. The maximum absolute atomic E-state index is 11.2. The molecule has 2 heteroatoms. The molecule has 1 rings (SSSR count). The standard InChI is InChI=1S/C11H11NO/c1-3-10-9(7-12)5-4-6-11(10)8(2)13/h4-6H,3H2,1-2H3. The summed E-state index contributed by atoms with van der Waals surface area (Å²) in [6.07, 6.45) is 0.721. The van der Waals surface area contributed by atoms with E-state index >= 15 is 0 Å². The SMILES string of the molecule is CCc1c(C#N)cccc1C(C)=O. The van der Waals surface area contributed by atoms with Gasteiger partial charge in [-0.05, 0) is 25.0 Å². The summed E-state index contributed by atoms with van der Waals surface area (Å²) in [6, 6.07) is 7.34. The van der Waals surface area contributed by atoms with Gasteiger partial charge in [-0.3, -0.25) is 4.79 Å². The third-order valence-corrected chi connectivity index (χ3v) is 2.03. The molecule has 66 valence electrons. The van der Waals surface area contributed by atoms with E-state index in [0.29, 0.717) is 11.1 Å². The number of benzene rings is 1. The molecule has 0 spiro atoms. The van der Waals surface area contributed by atoms with Gasteiger partial charge in [0.1, 0.15) is 0 Å². The van der Waals surface area contributed by atoms with Gasteiger partial charge in [-0.2, -0.15) is 5.26 Å². The Labute approximate surface area is 77.8 Å². The Morgan fingerprint density at radius 2 is 2.23 bits per heavy atom. The minimum absolute atomic E-state index is 0.0222. The molecule has 0 saturated heterocycles. The highest BCUT2D eigenvalue weighted by molar-refractivity contribution is 5.96. The quantitative estimate of drug-likeness (QED) is 0.644. The van der Waals surface area contributed by atoms with E-state index in [1.165, 1.54) is 6.92 Å². The molecule has 13 heavy (non-hydrogen) atoms. The summed E-state index contributed by atoms with van der Waals surface area (Å²) in [4.78, 5) is 11.2. The van der Waals surface area contributed by atoms with Gasteiger partial charge in [0.2, 0.25) is 0 Å². The zero-order valence-electron chi connectivity index (χ0n) is 7.79. The van der Waals surface area contributed by atoms with Crippen molar-refractivity contribution in [3.63, 3.8) is 0 Å². The van der Waals surface area contributed by atoms with Crippen LogP contribution in [0.15, 0.2) is 18.2 Å². The van der Waals surface area contributed by atoms with Crippen LogP contribution in [-0.2, 0) is 6.42 Å². The van der Waals surface area contributed by atoms with Gasteiger partial charge in [0.15, 0.2) is 5.78 Å². The van der Waals surface area contributed by atoms with Gasteiger partial charge >= 0.3 is 0 Å². The summed E-state index contributed by atoms with van der Waals surface area (Å²) in [5.41, 5.74) is 2.13. The zero-order chi connectivity index (χ0) is 9.84. The van der Waals surface area contributed by atoms with Crippen LogP contribution in [0.3, 0.4) is 0 Å². The van der Waals surface area contributed by atoms with E-state index in [1.54, 1.807) is 18.2 Å². The van der Waals surface area contributed by atoms with Crippen LogP contribution >= 0.6 is 0 Å². The lowest BCUT2D eigenvalue weighted by atomic mass is 9.97. The molecule has 0 aliphatic rings. The van der Waals surface area contributed by atoms with Crippen molar-refractivity contribution in [3.05, 3.63) is 34.9 Å². The van der Waals surface area contributed by atoms with Gasteiger partial charge in [0.05, 0.1) is 11.6 Å². The zero-order valence-corrected chi connectivity index (χ0v) is 7.79. The molecule has 0 N–H and O–H groups in total. The fourth-order valence-corrected chi connectivity index (χ4v) is 1.40. The summed E-state index contributed by atoms with van der Waals surface area (Å²) in [6.45, 7) is 3.47. The Morgan fingerprint density at radius 3 is 2.69 bits per heavy atom. The number of hydrogen-bond acceptors (Lipinski definition) is 2. The van der Waals surface area contributed by atoms with Crippen LogP contribution in [0.1, 0.15) is 35.3 Å². The molecule has 0 amide bonds. The molecule has 0 radical (unpaired) electrons. The highest BCUT2D eigenvalue weighted by Crippen LogP contribution is 2.15. The van der Waals surface area contributed by atoms with Crippen LogP contribution in [-0.4, -0.2) is 5.78 Å². The van der Waals surface area contributed by atoms with E-state index in [0.717, 1.165) is 12.0 Å². The average Bonchev–Trinajstić information content (AvgIpc) is 2.16. The largest absolute Gasteiger partial charge is 0.295 e. The second-order valence-corrected chi connectivity index (χ2v) is 2.85. The molecule has 0 fully saturated rings. The third kappa shape index (κ3) is 1.75. The average molecular weight is 173 g/mol. The fraction of sp³-hybridized carbons (Fsp3) is 0.273. The van der Waals surface area contributed by atoms with E-state index in [2.05, 4.69) is 6.07 Å². The van der Waals surface area contributed by atoms with Gasteiger partial charge < -0.3 is 0 Å². The second kappa shape index (κ2) is 3.86. The highest BCUT2D eigenvalue weighted by atomic mass is 16.1. The van der Waals surface area contributed by atoms with E-state index < -0.39 is 0 Å². The van der Waals surface area contributed by atoms with E-state index in [1.807, 2.05) is 6.92 Å². The number of nitrogens with zero attached hydrogens (tertiary/aromatic N) is 1. The van der Waals surface area contributed by atoms with E-state index in [9.17, 15) is 4.79 Å². The molecule has 0 aliphatic heterocycles. The van der Waals surface area contributed by atoms with E-state index in [-0.39, 0.29) is 5.78 Å². The maximum Gasteiger partial charge on any atom is 0.160 e. The number of carbonyl (C=O) groups excluding carboxylic acids is 1. The van der Waals surface area contributed by atoms with E-state index in [4.69, 9.17) is 5.26 Å². The second-order valence-electron chi connectivity index (χ2n) is 2.85. The number of Topliss-reactive ketones (excluding diaryl/α,β-unsaturated/α-hetero) is 1. The Hall–Kier alpha value is -1.62. The first-order valence-corrected chi connectivity index (χ1v) is 4.23. The summed E-state index contributed by atoms with van der Waals surface area (Å²) in [5.74, 6) is 0.0222. The van der Waals surface area contributed by atoms with Gasteiger partial charge in [-0.25, -0.2) is 0 Å². The molecule has 0 unspecified atom stereocenters. The van der Waals surface area contributed by atoms with Crippen LogP contribution in [0.25, 0.3) is 0 Å². The predicted molar refractivity (Wildman–Crippen MR) is 50.5 cm³/mol. The molecule has 2 nitrogen and oxygen atoms in total. The van der Waals surface area contributed by atoms with Crippen LogP contribution in [0.2, 0.25) is 0 Å². The number of hydrogen-bond donors (Lipinski definition) is 0. The smallest absolute Gasteiger partial charge is 0.160 e. The molecule has 1 aromatic carbocycles. The Kier molecular flexibility index (Phi) is 2.81. The molecule has 0 aromatic heterocycles. The fourth-order valence-electron chi connectivity index (χ4n) is 1.40. The number of carbonyl (C=O) groups is 1. The summed E-state index contributed by atoms with van der Waals surface area (Å²) >= 11 is 0. The van der Waals surface area contributed by atoms with Gasteiger partial charge in [0, 0.05) is 5.56 Å². The molecule has 0 heterocycles. The number of ketones is 1. The number of rotatable bonds is 2. The highest BCUT2D eigenvalue weighted by Gasteiger charge is 2.08. The monoisotopic (exact) mass is 173 g/mol. The first-order chi connectivity index (χ1) is 6.20. The molecule has 0 atom stereocenters. The van der Waals surface area contributed by atoms with Gasteiger partial charge in [0.25, 0.3) is 0 Å². The van der Waals surface area contributed by atoms with Crippen molar-refractivity contribution in [2.75, 3.05) is 0 Å². The van der Waals surface area contributed by atoms with Crippen molar-refractivity contribution in [2.45, 2.75) is 20.3 Å². The Morgan fingerprint density at radius 1 is 1.54 bits per heavy atom. The lowest BCUT2D eigenvalue weighted by Crippen LogP contribution is -2.00. The first-order valence-electron chi connectivity index (χ1n) is 4.23. The minimum Gasteiger partial charge on any atom is -0.295 e. The maximum atomic E-state index is 11.2. The molecular weight excluding hydrogens is 162 g/mol. The van der Waals surface area contributed by atoms with Crippen LogP contribution in [0, 0.1) is 11.3 Å². The predicted octanol–water partition coefficient (Wildman–Crippen LogP) is 2.32. The lowest BCUT2D eigenvalue weighted by molar-refractivity contribution is 0.101. The van der Waals surface area contributed by atoms with Crippen molar-refractivity contribution in [3.8, 4) is 6.07 Å². The molecule has 0 saturated carbocycles. The van der Waals surface area contributed by atoms with Crippen molar-refractivity contribution in [2.24, 2.45) is 0 Å². The molecule has 0 bridgehead atoms. The van der Waals surface area contributed by atoms with Gasteiger partial charge in [-0.1, -0.05) is 19.1 Å². The number of nitriles is 1. The Balaban J connectivity index is 3.38. The summed E-state index contributed by atoms with van der Waals surface area (Å²) in [5, 5.41) is 8.79. The van der Waals surface area contributed by atoms with Crippen molar-refractivity contribution >= 4 is 5.78 Å². The molecular formula is C11H11NO. The van der Waals surface area contributed by atoms with Crippen molar-refractivity contribution in [1.29, 1.82) is 5.26 Å². The summed E-state index contributed by atoms with van der Waals surface area (Å²) in [7, 11) is 0. The van der Waals surface area contributed by atoms with Crippen molar-refractivity contribution < 1.29 is 4.79 Å². The summed E-state index contributed by atoms with van der Waals surface area (Å²) < 4.78 is 0. The minimum atomic E-state index is 0.0222.